The molecule has 0 aliphatic heterocycles. The van der Waals surface area contributed by atoms with Gasteiger partial charge in [-0.3, -0.25) is 14.9 Å². The second-order valence-electron chi connectivity index (χ2n) is 7.23. The molecule has 0 aliphatic carbocycles. The predicted molar refractivity (Wildman–Crippen MR) is 115 cm³/mol. The zero-order chi connectivity index (χ0) is 23.4. The maximum absolute atomic E-state index is 12.6. The first-order valence-corrected chi connectivity index (χ1v) is 12.7. The standard InChI is InChI=1S/C19H23N3O7S2/c1-13(2)21-31(28,29)12-15-7-5-4-6-14(15)11-20-19(23)16-8-17(22(24)25)10-18(9-16)30(3,26)27/h4-10,13,21H,11-12H2,1-3H3,(H,20,23). The highest BCUT2D eigenvalue weighted by Gasteiger charge is 2.20. The van der Waals surface area contributed by atoms with E-state index in [4.69, 9.17) is 0 Å². The summed E-state index contributed by atoms with van der Waals surface area (Å²) in [6, 6.07) is 9.27. The summed E-state index contributed by atoms with van der Waals surface area (Å²) in [5, 5.41) is 13.7. The van der Waals surface area contributed by atoms with Crippen molar-refractivity contribution in [1.82, 2.24) is 10.0 Å². The van der Waals surface area contributed by atoms with E-state index in [0.717, 1.165) is 24.5 Å². The minimum atomic E-state index is -3.78. The number of benzene rings is 2. The van der Waals surface area contributed by atoms with Crippen molar-refractivity contribution in [2.75, 3.05) is 6.26 Å². The van der Waals surface area contributed by atoms with Crippen molar-refractivity contribution in [1.29, 1.82) is 0 Å². The zero-order valence-electron chi connectivity index (χ0n) is 17.2. The first-order chi connectivity index (χ1) is 14.3. The van der Waals surface area contributed by atoms with E-state index in [2.05, 4.69) is 10.0 Å². The molecule has 2 aromatic carbocycles. The third-order valence-corrected chi connectivity index (χ3v) is 6.72. The maximum Gasteiger partial charge on any atom is 0.271 e. The van der Waals surface area contributed by atoms with Gasteiger partial charge in [-0.25, -0.2) is 21.6 Å². The van der Waals surface area contributed by atoms with E-state index in [0.29, 0.717) is 11.1 Å². The molecule has 0 aromatic heterocycles. The van der Waals surface area contributed by atoms with Crippen LogP contribution in [0.4, 0.5) is 5.69 Å². The van der Waals surface area contributed by atoms with E-state index in [-0.39, 0.29) is 28.8 Å². The molecule has 2 rings (SSSR count). The number of amides is 1. The second kappa shape index (κ2) is 9.54. The Kier molecular flexibility index (Phi) is 7.52. The number of carbonyl (C=O) groups is 1. The fraction of sp³-hybridized carbons (Fsp3) is 0.316. The van der Waals surface area contributed by atoms with Crippen molar-refractivity contribution in [3.05, 3.63) is 69.3 Å². The summed E-state index contributed by atoms with van der Waals surface area (Å²) in [5.74, 6) is -1.02. The Hall–Kier alpha value is -2.83. The number of nitrogens with one attached hydrogen (secondary N) is 2. The molecule has 31 heavy (non-hydrogen) atoms. The molecule has 0 spiro atoms. The largest absolute Gasteiger partial charge is 0.348 e. The molecular formula is C19H23N3O7S2. The highest BCUT2D eigenvalue weighted by atomic mass is 32.2. The number of non-ortho nitro benzene ring substituents is 1. The molecule has 1 amide bonds. The molecule has 10 nitrogen and oxygen atoms in total. The third-order valence-electron chi connectivity index (χ3n) is 4.11. The predicted octanol–water partition coefficient (Wildman–Crippen LogP) is 1.76. The molecule has 2 aromatic rings. The molecule has 0 atom stereocenters. The van der Waals surface area contributed by atoms with Crippen LogP contribution in [-0.2, 0) is 32.2 Å². The molecule has 0 radical (unpaired) electrons. The number of nitro benzene ring substituents is 1. The van der Waals surface area contributed by atoms with E-state index >= 15 is 0 Å². The molecule has 0 aliphatic rings. The topological polar surface area (TPSA) is 153 Å². The van der Waals surface area contributed by atoms with E-state index in [1.54, 1.807) is 38.1 Å². The normalized spacial score (nSPS) is 12.0. The van der Waals surface area contributed by atoms with Crippen LogP contribution in [0.15, 0.2) is 47.4 Å². The minimum Gasteiger partial charge on any atom is -0.348 e. The number of sulfone groups is 1. The van der Waals surface area contributed by atoms with Crippen molar-refractivity contribution >= 4 is 31.5 Å². The van der Waals surface area contributed by atoms with Crippen LogP contribution >= 0.6 is 0 Å². The highest BCUT2D eigenvalue weighted by Crippen LogP contribution is 2.21. The fourth-order valence-electron chi connectivity index (χ4n) is 2.79. The number of nitrogens with zero attached hydrogens (tertiary/aromatic N) is 1. The van der Waals surface area contributed by atoms with Gasteiger partial charge in [-0.2, -0.15) is 0 Å². The maximum atomic E-state index is 12.6. The Morgan fingerprint density at radius 2 is 1.68 bits per heavy atom. The molecule has 0 fully saturated rings. The van der Waals surface area contributed by atoms with E-state index in [1.165, 1.54) is 0 Å². The molecule has 12 heteroatoms. The van der Waals surface area contributed by atoms with Crippen molar-refractivity contribution < 1.29 is 26.6 Å². The van der Waals surface area contributed by atoms with Gasteiger partial charge in [0.1, 0.15) is 0 Å². The van der Waals surface area contributed by atoms with Gasteiger partial charge in [0.05, 0.1) is 15.6 Å². The quantitative estimate of drug-likeness (QED) is 0.419. The molecule has 0 heterocycles. The summed E-state index contributed by atoms with van der Waals surface area (Å²) in [6.45, 7) is 3.35. The molecule has 0 unspecified atom stereocenters. The van der Waals surface area contributed by atoms with Gasteiger partial charge in [0.2, 0.25) is 10.0 Å². The van der Waals surface area contributed by atoms with Crippen LogP contribution in [-0.4, -0.2) is 40.0 Å². The highest BCUT2D eigenvalue weighted by molar-refractivity contribution is 7.90. The number of carbonyl (C=O) groups excluding carboxylic acids is 1. The van der Waals surface area contributed by atoms with Crippen LogP contribution in [0.25, 0.3) is 0 Å². The zero-order valence-corrected chi connectivity index (χ0v) is 18.8. The number of hydrogen-bond acceptors (Lipinski definition) is 7. The monoisotopic (exact) mass is 469 g/mol. The van der Waals surface area contributed by atoms with Crippen molar-refractivity contribution in [3.63, 3.8) is 0 Å². The van der Waals surface area contributed by atoms with E-state index in [9.17, 15) is 31.7 Å². The average molecular weight is 470 g/mol. The summed E-state index contributed by atoms with van der Waals surface area (Å²) in [5.41, 5.74) is 0.297. The lowest BCUT2D eigenvalue weighted by Crippen LogP contribution is -2.32. The van der Waals surface area contributed by atoms with Crippen molar-refractivity contribution in [2.24, 2.45) is 0 Å². The van der Waals surface area contributed by atoms with E-state index < -0.39 is 36.4 Å². The Bertz CT molecular complexity index is 1210. The summed E-state index contributed by atoms with van der Waals surface area (Å²) in [6.07, 6.45) is 0.885. The van der Waals surface area contributed by atoms with Gasteiger partial charge in [0.15, 0.2) is 9.84 Å². The van der Waals surface area contributed by atoms with Gasteiger partial charge in [-0.05, 0) is 31.0 Å². The lowest BCUT2D eigenvalue weighted by atomic mass is 10.1. The summed E-state index contributed by atoms with van der Waals surface area (Å²) < 4.78 is 50.6. The Morgan fingerprint density at radius 1 is 1.06 bits per heavy atom. The number of sulfonamides is 1. The third kappa shape index (κ3) is 7.12. The smallest absolute Gasteiger partial charge is 0.271 e. The fourth-order valence-corrected chi connectivity index (χ4v) is 4.96. The number of hydrogen-bond donors (Lipinski definition) is 2. The van der Waals surface area contributed by atoms with Crippen LogP contribution in [0.5, 0.6) is 0 Å². The van der Waals surface area contributed by atoms with Gasteiger partial charge >= 0.3 is 0 Å². The molecule has 0 saturated carbocycles. The van der Waals surface area contributed by atoms with Gasteiger partial charge in [0.25, 0.3) is 11.6 Å². The molecule has 168 valence electrons. The van der Waals surface area contributed by atoms with Crippen LogP contribution in [0, 0.1) is 10.1 Å². The Morgan fingerprint density at radius 3 is 2.23 bits per heavy atom. The first-order valence-electron chi connectivity index (χ1n) is 9.13. The average Bonchev–Trinajstić information content (AvgIpc) is 2.64. The SMILES string of the molecule is CC(C)NS(=O)(=O)Cc1ccccc1CNC(=O)c1cc([N+](=O)[O-])cc(S(C)(=O)=O)c1. The molecular weight excluding hydrogens is 446 g/mol. The summed E-state index contributed by atoms with van der Waals surface area (Å²) in [7, 11) is -7.37. The van der Waals surface area contributed by atoms with Crippen molar-refractivity contribution in [3.8, 4) is 0 Å². The van der Waals surface area contributed by atoms with Crippen LogP contribution in [0.1, 0.15) is 35.3 Å². The van der Waals surface area contributed by atoms with Gasteiger partial charge in [-0.15, -0.1) is 0 Å². The Labute approximate surface area is 180 Å². The van der Waals surface area contributed by atoms with Crippen molar-refractivity contribution in [2.45, 2.75) is 37.1 Å². The Balaban J connectivity index is 2.26. The molecule has 2 N–H and O–H groups in total. The lowest BCUT2D eigenvalue weighted by molar-refractivity contribution is -0.385. The molecule has 0 saturated heterocycles. The van der Waals surface area contributed by atoms with Gasteiger partial charge < -0.3 is 5.32 Å². The molecule has 0 bridgehead atoms. The number of rotatable bonds is 9. The lowest BCUT2D eigenvalue weighted by Gasteiger charge is -2.13. The van der Waals surface area contributed by atoms with Crippen LogP contribution in [0.3, 0.4) is 0 Å². The summed E-state index contributed by atoms with van der Waals surface area (Å²) >= 11 is 0. The number of nitro groups is 1. The first kappa shape index (κ1) is 24.4. The second-order valence-corrected chi connectivity index (χ2v) is 11.0. The van der Waals surface area contributed by atoms with Crippen LogP contribution < -0.4 is 10.0 Å². The van der Waals surface area contributed by atoms with Crippen LogP contribution in [0.2, 0.25) is 0 Å². The van der Waals surface area contributed by atoms with Gasteiger partial charge in [-0.1, -0.05) is 24.3 Å². The minimum absolute atomic E-state index is 0.0525. The van der Waals surface area contributed by atoms with E-state index in [1.807, 2.05) is 0 Å². The van der Waals surface area contributed by atoms with Gasteiger partial charge in [0, 0.05) is 36.5 Å². The summed E-state index contributed by atoms with van der Waals surface area (Å²) in [4.78, 5) is 22.5.